The first-order valence-electron chi connectivity index (χ1n) is 7.82. The number of anilines is 2. The fraction of sp³-hybridized carbons (Fsp3) is 0.278. The highest BCUT2D eigenvalue weighted by Crippen LogP contribution is 2.18. The van der Waals surface area contributed by atoms with Crippen LogP contribution in [0.4, 0.5) is 11.4 Å². The summed E-state index contributed by atoms with van der Waals surface area (Å²) in [6, 6.07) is 9.10. The van der Waals surface area contributed by atoms with Crippen molar-refractivity contribution in [2.75, 3.05) is 30.8 Å². The highest BCUT2D eigenvalue weighted by Gasteiger charge is 2.13. The molecule has 0 aliphatic rings. The lowest BCUT2D eigenvalue weighted by atomic mass is 10.1. The molecule has 0 atom stereocenters. The van der Waals surface area contributed by atoms with Crippen LogP contribution >= 0.6 is 11.6 Å². The van der Waals surface area contributed by atoms with Crippen molar-refractivity contribution in [2.45, 2.75) is 13.8 Å². The lowest BCUT2D eigenvalue weighted by Crippen LogP contribution is -2.36. The van der Waals surface area contributed by atoms with E-state index in [0.29, 0.717) is 5.69 Å². The Bertz CT molecular complexity index is 779. The number of pyridine rings is 1. The van der Waals surface area contributed by atoms with Gasteiger partial charge in [-0.15, -0.1) is 0 Å². The van der Waals surface area contributed by atoms with E-state index < -0.39 is 0 Å². The minimum absolute atomic E-state index is 0.0610. The smallest absolute Gasteiger partial charge is 0.238 e. The van der Waals surface area contributed by atoms with E-state index in [-0.39, 0.29) is 30.1 Å². The normalized spacial score (nSPS) is 10.6. The van der Waals surface area contributed by atoms with Gasteiger partial charge in [-0.25, -0.2) is 4.98 Å². The first-order valence-corrected chi connectivity index (χ1v) is 8.19. The van der Waals surface area contributed by atoms with Gasteiger partial charge in [0.2, 0.25) is 11.8 Å². The maximum absolute atomic E-state index is 12.2. The van der Waals surface area contributed by atoms with Crippen molar-refractivity contribution in [3.05, 3.63) is 52.8 Å². The van der Waals surface area contributed by atoms with Crippen LogP contribution in [-0.2, 0) is 9.59 Å². The molecule has 0 aliphatic carbocycles. The van der Waals surface area contributed by atoms with Crippen LogP contribution in [0.15, 0.2) is 36.5 Å². The van der Waals surface area contributed by atoms with E-state index in [1.807, 2.05) is 32.0 Å². The van der Waals surface area contributed by atoms with Crippen LogP contribution in [0, 0.1) is 13.8 Å². The molecule has 1 aromatic carbocycles. The van der Waals surface area contributed by atoms with Gasteiger partial charge >= 0.3 is 0 Å². The van der Waals surface area contributed by atoms with E-state index in [1.54, 1.807) is 30.3 Å². The number of hydrogen-bond donors (Lipinski definition) is 2. The fourth-order valence-electron chi connectivity index (χ4n) is 2.29. The zero-order chi connectivity index (χ0) is 18.4. The number of rotatable bonds is 6. The van der Waals surface area contributed by atoms with Crippen molar-refractivity contribution < 1.29 is 9.59 Å². The summed E-state index contributed by atoms with van der Waals surface area (Å²) in [4.78, 5) is 29.7. The molecule has 132 valence electrons. The Hall–Kier alpha value is -2.44. The number of carbonyl (C=O) groups is 2. The highest BCUT2D eigenvalue weighted by molar-refractivity contribution is 6.32. The van der Waals surface area contributed by atoms with Gasteiger partial charge in [0.1, 0.15) is 0 Å². The fourth-order valence-corrected chi connectivity index (χ4v) is 2.46. The second-order valence-electron chi connectivity index (χ2n) is 5.86. The molecule has 0 saturated carbocycles. The number of amides is 2. The molecule has 0 fully saturated rings. The lowest BCUT2D eigenvalue weighted by Gasteiger charge is -2.17. The molecule has 0 spiro atoms. The van der Waals surface area contributed by atoms with E-state index in [0.717, 1.165) is 16.8 Å². The Kier molecular flexibility index (Phi) is 6.50. The van der Waals surface area contributed by atoms with Gasteiger partial charge in [0.15, 0.2) is 5.15 Å². The zero-order valence-corrected chi connectivity index (χ0v) is 15.2. The molecule has 1 heterocycles. The summed E-state index contributed by atoms with van der Waals surface area (Å²) in [5.74, 6) is -0.444. The molecule has 0 unspecified atom stereocenters. The average Bonchev–Trinajstić information content (AvgIpc) is 2.53. The summed E-state index contributed by atoms with van der Waals surface area (Å²) in [5.41, 5.74) is 3.37. The van der Waals surface area contributed by atoms with Crippen molar-refractivity contribution in [2.24, 2.45) is 0 Å². The van der Waals surface area contributed by atoms with E-state index >= 15 is 0 Å². The summed E-state index contributed by atoms with van der Waals surface area (Å²) in [5, 5.41) is 5.77. The summed E-state index contributed by atoms with van der Waals surface area (Å²) in [7, 11) is 1.70. The van der Waals surface area contributed by atoms with Crippen LogP contribution in [0.25, 0.3) is 0 Å². The Morgan fingerprint density at radius 2 is 1.64 bits per heavy atom. The topological polar surface area (TPSA) is 74.3 Å². The Balaban J connectivity index is 1.86. The lowest BCUT2D eigenvalue weighted by molar-refractivity contribution is -0.119. The summed E-state index contributed by atoms with van der Waals surface area (Å²) in [6.07, 6.45) is 1.54. The molecule has 7 heteroatoms. The Labute approximate surface area is 152 Å². The third-order valence-electron chi connectivity index (χ3n) is 3.74. The van der Waals surface area contributed by atoms with E-state index in [9.17, 15) is 9.59 Å². The minimum Gasteiger partial charge on any atom is -0.325 e. The molecule has 0 aliphatic heterocycles. The predicted molar refractivity (Wildman–Crippen MR) is 99.9 cm³/mol. The highest BCUT2D eigenvalue weighted by atomic mass is 35.5. The van der Waals surface area contributed by atoms with Crippen molar-refractivity contribution >= 4 is 34.8 Å². The van der Waals surface area contributed by atoms with Crippen LogP contribution in [0.3, 0.4) is 0 Å². The van der Waals surface area contributed by atoms with Gasteiger partial charge in [-0.3, -0.25) is 14.5 Å². The molecule has 0 bridgehead atoms. The van der Waals surface area contributed by atoms with Gasteiger partial charge in [0, 0.05) is 11.9 Å². The quantitative estimate of drug-likeness (QED) is 0.777. The Morgan fingerprint density at radius 1 is 1.04 bits per heavy atom. The molecule has 2 rings (SSSR count). The van der Waals surface area contributed by atoms with Gasteiger partial charge < -0.3 is 10.6 Å². The molecule has 2 N–H and O–H groups in total. The predicted octanol–water partition coefficient (Wildman–Crippen LogP) is 2.86. The minimum atomic E-state index is -0.267. The molecular formula is C18H21ClN4O2. The van der Waals surface area contributed by atoms with Crippen molar-refractivity contribution in [3.63, 3.8) is 0 Å². The monoisotopic (exact) mass is 360 g/mol. The van der Waals surface area contributed by atoms with Gasteiger partial charge in [-0.05, 0) is 50.2 Å². The largest absolute Gasteiger partial charge is 0.325 e. The molecule has 0 radical (unpaired) electrons. The molecule has 2 amide bonds. The van der Waals surface area contributed by atoms with Gasteiger partial charge in [0.05, 0.1) is 18.8 Å². The number of nitrogens with zero attached hydrogens (tertiary/aromatic N) is 2. The maximum Gasteiger partial charge on any atom is 0.238 e. The number of hydrogen-bond acceptors (Lipinski definition) is 4. The van der Waals surface area contributed by atoms with Crippen LogP contribution in [-0.4, -0.2) is 41.8 Å². The molecule has 6 nitrogen and oxygen atoms in total. The second kappa shape index (κ2) is 8.60. The third-order valence-corrected chi connectivity index (χ3v) is 4.04. The number of aryl methyl sites for hydroxylation is 1. The van der Waals surface area contributed by atoms with E-state index in [2.05, 4.69) is 15.6 Å². The van der Waals surface area contributed by atoms with Gasteiger partial charge in [-0.1, -0.05) is 23.7 Å². The average molecular weight is 361 g/mol. The molecule has 25 heavy (non-hydrogen) atoms. The SMILES string of the molecule is Cc1cccc(NC(=O)CN(C)CC(=O)Nc2cccnc2Cl)c1C. The van der Waals surface area contributed by atoms with Crippen molar-refractivity contribution in [3.8, 4) is 0 Å². The first-order chi connectivity index (χ1) is 11.9. The van der Waals surface area contributed by atoms with Crippen LogP contribution in [0.2, 0.25) is 5.15 Å². The number of nitrogens with one attached hydrogen (secondary N) is 2. The number of halogens is 1. The standard InChI is InChI=1S/C18H21ClN4O2/c1-12-6-4-7-14(13(12)2)21-16(24)10-23(3)11-17(25)22-15-8-5-9-20-18(15)19/h4-9H,10-11H2,1-3H3,(H,21,24)(H,22,25). The molecule has 0 saturated heterocycles. The van der Waals surface area contributed by atoms with Crippen molar-refractivity contribution in [1.82, 2.24) is 9.88 Å². The number of carbonyl (C=O) groups excluding carboxylic acids is 2. The van der Waals surface area contributed by atoms with Crippen molar-refractivity contribution in [1.29, 1.82) is 0 Å². The molecule has 2 aromatic rings. The number of aromatic nitrogens is 1. The number of likely N-dealkylation sites (N-methyl/N-ethyl adjacent to an activating group) is 1. The van der Waals surface area contributed by atoms with Crippen LogP contribution in [0.5, 0.6) is 0 Å². The summed E-state index contributed by atoms with van der Waals surface area (Å²) < 4.78 is 0. The van der Waals surface area contributed by atoms with Crippen LogP contribution < -0.4 is 10.6 Å². The van der Waals surface area contributed by atoms with E-state index in [4.69, 9.17) is 11.6 Å². The van der Waals surface area contributed by atoms with Gasteiger partial charge in [0.25, 0.3) is 0 Å². The van der Waals surface area contributed by atoms with Gasteiger partial charge in [-0.2, -0.15) is 0 Å². The summed E-state index contributed by atoms with van der Waals surface area (Å²) in [6.45, 7) is 4.11. The third kappa shape index (κ3) is 5.55. The van der Waals surface area contributed by atoms with Crippen LogP contribution in [0.1, 0.15) is 11.1 Å². The summed E-state index contributed by atoms with van der Waals surface area (Å²) >= 11 is 5.90. The molecule has 1 aromatic heterocycles. The number of benzene rings is 1. The maximum atomic E-state index is 12.2. The first kappa shape index (κ1) is 18.9. The Morgan fingerprint density at radius 3 is 2.28 bits per heavy atom. The van der Waals surface area contributed by atoms with E-state index in [1.165, 1.54) is 0 Å². The molecular weight excluding hydrogens is 340 g/mol. The zero-order valence-electron chi connectivity index (χ0n) is 14.5. The second-order valence-corrected chi connectivity index (χ2v) is 6.22.